The first-order chi connectivity index (χ1) is 8.35. The van der Waals surface area contributed by atoms with Crippen molar-refractivity contribution >= 4 is 17.4 Å². The zero-order valence-corrected chi connectivity index (χ0v) is 10.2. The maximum Gasteiger partial charge on any atom is 0.0375 e. The van der Waals surface area contributed by atoms with Gasteiger partial charge in [-0.1, -0.05) is 47.6 Å². The van der Waals surface area contributed by atoms with Crippen molar-refractivity contribution < 1.29 is 0 Å². The Labute approximate surface area is 104 Å². The van der Waals surface area contributed by atoms with E-state index in [1.165, 1.54) is 10.5 Å². The van der Waals surface area contributed by atoms with Gasteiger partial charge in [-0.3, -0.25) is 0 Å². The monoisotopic (exact) mass is 241 g/mol. The summed E-state index contributed by atoms with van der Waals surface area (Å²) in [7, 11) is 0. The third-order valence-corrected chi connectivity index (χ3v) is 3.24. The second-order valence-electron chi connectivity index (χ2n) is 3.44. The zero-order valence-electron chi connectivity index (χ0n) is 9.37. The first-order valence-corrected chi connectivity index (χ1v) is 6.36. The molecule has 17 heavy (non-hydrogen) atoms. The van der Waals surface area contributed by atoms with Crippen LogP contribution in [0.3, 0.4) is 0 Å². The average molecular weight is 241 g/mol. The standard InChI is InChI=1S/C13H11N3S/c1-17-13-5-3-2-4-12(13)10-6-8-11(9-7-10)15-16-14/h2-9H,1H3. The molecule has 0 atom stereocenters. The Balaban J connectivity index is 2.42. The maximum absolute atomic E-state index is 8.34. The second kappa shape index (κ2) is 5.43. The van der Waals surface area contributed by atoms with Crippen molar-refractivity contribution in [3.63, 3.8) is 0 Å². The van der Waals surface area contributed by atoms with E-state index in [4.69, 9.17) is 5.53 Å². The average Bonchev–Trinajstić information content (AvgIpc) is 2.40. The number of azide groups is 1. The molecular formula is C13H11N3S. The van der Waals surface area contributed by atoms with Crippen LogP contribution in [0.15, 0.2) is 58.5 Å². The summed E-state index contributed by atoms with van der Waals surface area (Å²) in [6.45, 7) is 0. The van der Waals surface area contributed by atoms with Gasteiger partial charge in [-0.05, 0) is 29.0 Å². The molecule has 0 spiro atoms. The molecule has 2 rings (SSSR count). The molecule has 0 aliphatic carbocycles. The van der Waals surface area contributed by atoms with Crippen LogP contribution >= 0.6 is 11.8 Å². The van der Waals surface area contributed by atoms with Crippen LogP contribution in [-0.4, -0.2) is 6.26 Å². The largest absolute Gasteiger partial charge is 0.129 e. The van der Waals surface area contributed by atoms with Gasteiger partial charge in [-0.15, -0.1) is 11.8 Å². The van der Waals surface area contributed by atoms with Gasteiger partial charge in [0, 0.05) is 15.5 Å². The molecule has 0 radical (unpaired) electrons. The summed E-state index contributed by atoms with van der Waals surface area (Å²) in [6.07, 6.45) is 2.06. The van der Waals surface area contributed by atoms with Gasteiger partial charge in [-0.25, -0.2) is 0 Å². The first-order valence-electron chi connectivity index (χ1n) is 5.13. The van der Waals surface area contributed by atoms with E-state index < -0.39 is 0 Å². The number of thioether (sulfide) groups is 1. The number of rotatable bonds is 3. The lowest BCUT2D eigenvalue weighted by molar-refractivity contribution is 1.43. The molecule has 0 saturated carbocycles. The van der Waals surface area contributed by atoms with Crippen LogP contribution in [0.5, 0.6) is 0 Å². The van der Waals surface area contributed by atoms with E-state index in [1.807, 2.05) is 36.4 Å². The highest BCUT2D eigenvalue weighted by Gasteiger charge is 2.02. The normalized spacial score (nSPS) is 9.71. The third-order valence-electron chi connectivity index (χ3n) is 2.45. The summed E-state index contributed by atoms with van der Waals surface area (Å²) in [6, 6.07) is 15.8. The van der Waals surface area contributed by atoms with Crippen molar-refractivity contribution in [1.29, 1.82) is 0 Å². The van der Waals surface area contributed by atoms with E-state index in [1.54, 1.807) is 11.8 Å². The molecule has 0 aliphatic heterocycles. The third kappa shape index (κ3) is 2.61. The number of benzene rings is 2. The number of hydrogen-bond donors (Lipinski definition) is 0. The minimum absolute atomic E-state index is 0.637. The van der Waals surface area contributed by atoms with Crippen LogP contribution in [0.2, 0.25) is 0 Å². The Bertz CT molecular complexity index is 557. The lowest BCUT2D eigenvalue weighted by Crippen LogP contribution is -1.80. The van der Waals surface area contributed by atoms with E-state index in [-0.39, 0.29) is 0 Å². The summed E-state index contributed by atoms with van der Waals surface area (Å²) in [5.41, 5.74) is 11.3. The van der Waals surface area contributed by atoms with Gasteiger partial charge < -0.3 is 0 Å². The minimum atomic E-state index is 0.637. The number of hydrogen-bond acceptors (Lipinski definition) is 2. The van der Waals surface area contributed by atoms with Crippen molar-refractivity contribution in [2.45, 2.75) is 4.90 Å². The molecule has 0 saturated heterocycles. The summed E-state index contributed by atoms with van der Waals surface area (Å²) in [4.78, 5) is 4.00. The molecule has 84 valence electrons. The van der Waals surface area contributed by atoms with Crippen LogP contribution in [-0.2, 0) is 0 Å². The Hall–Kier alpha value is -1.90. The molecule has 4 heteroatoms. The fraction of sp³-hybridized carbons (Fsp3) is 0.0769. The molecule has 0 aromatic heterocycles. The second-order valence-corrected chi connectivity index (χ2v) is 4.28. The van der Waals surface area contributed by atoms with Crippen molar-refractivity contribution in [2.75, 3.05) is 6.26 Å². The van der Waals surface area contributed by atoms with Gasteiger partial charge in [0.2, 0.25) is 0 Å². The maximum atomic E-state index is 8.34. The van der Waals surface area contributed by atoms with Gasteiger partial charge in [0.25, 0.3) is 0 Å². The predicted molar refractivity (Wildman–Crippen MR) is 72.5 cm³/mol. The van der Waals surface area contributed by atoms with Gasteiger partial charge in [-0.2, -0.15) is 0 Å². The summed E-state index contributed by atoms with van der Waals surface area (Å²) in [5, 5.41) is 3.56. The molecule has 0 bridgehead atoms. The SMILES string of the molecule is CSc1ccccc1-c1ccc(N=[N+]=[N-])cc1. The van der Waals surface area contributed by atoms with Crippen LogP contribution in [0.25, 0.3) is 21.6 Å². The molecule has 0 amide bonds. The Kier molecular flexibility index (Phi) is 3.70. The molecule has 2 aromatic rings. The van der Waals surface area contributed by atoms with Gasteiger partial charge in [0.15, 0.2) is 0 Å². The van der Waals surface area contributed by atoms with Crippen LogP contribution in [0.1, 0.15) is 0 Å². The zero-order chi connectivity index (χ0) is 12.1. The van der Waals surface area contributed by atoms with Gasteiger partial charge >= 0.3 is 0 Å². The fourth-order valence-electron chi connectivity index (χ4n) is 1.64. The van der Waals surface area contributed by atoms with Crippen LogP contribution in [0.4, 0.5) is 5.69 Å². The van der Waals surface area contributed by atoms with Gasteiger partial charge in [0.05, 0.1) is 0 Å². The molecule has 0 fully saturated rings. The first kappa shape index (κ1) is 11.6. The van der Waals surface area contributed by atoms with E-state index in [2.05, 4.69) is 28.4 Å². The van der Waals surface area contributed by atoms with Gasteiger partial charge in [0.1, 0.15) is 0 Å². The molecule has 0 N–H and O–H groups in total. The highest BCUT2D eigenvalue weighted by Crippen LogP contribution is 2.30. The summed E-state index contributed by atoms with van der Waals surface area (Å²) in [5.74, 6) is 0. The molecular weight excluding hydrogens is 230 g/mol. The predicted octanol–water partition coefficient (Wildman–Crippen LogP) is 5.02. The van der Waals surface area contributed by atoms with E-state index in [0.29, 0.717) is 5.69 Å². The topological polar surface area (TPSA) is 48.8 Å². The smallest absolute Gasteiger partial charge is 0.0375 e. The Morgan fingerprint density at radius 3 is 2.41 bits per heavy atom. The molecule has 2 aromatic carbocycles. The summed E-state index contributed by atoms with van der Waals surface area (Å²) < 4.78 is 0. The van der Waals surface area contributed by atoms with Crippen LogP contribution < -0.4 is 0 Å². The fourth-order valence-corrected chi connectivity index (χ4v) is 2.26. The van der Waals surface area contributed by atoms with E-state index in [9.17, 15) is 0 Å². The quantitative estimate of drug-likeness (QED) is 0.322. The van der Waals surface area contributed by atoms with Crippen molar-refractivity contribution in [1.82, 2.24) is 0 Å². The highest BCUT2D eigenvalue weighted by molar-refractivity contribution is 7.98. The Morgan fingerprint density at radius 2 is 1.76 bits per heavy atom. The molecule has 0 unspecified atom stereocenters. The summed E-state index contributed by atoms with van der Waals surface area (Å²) >= 11 is 1.72. The lowest BCUT2D eigenvalue weighted by Gasteiger charge is -2.07. The van der Waals surface area contributed by atoms with E-state index >= 15 is 0 Å². The van der Waals surface area contributed by atoms with Crippen LogP contribution in [0, 0.1) is 0 Å². The van der Waals surface area contributed by atoms with Crippen molar-refractivity contribution in [2.24, 2.45) is 5.11 Å². The Morgan fingerprint density at radius 1 is 1.06 bits per heavy atom. The van der Waals surface area contributed by atoms with Crippen molar-refractivity contribution in [3.8, 4) is 11.1 Å². The lowest BCUT2D eigenvalue weighted by atomic mass is 10.1. The highest BCUT2D eigenvalue weighted by atomic mass is 32.2. The van der Waals surface area contributed by atoms with E-state index in [0.717, 1.165) is 5.56 Å². The number of nitrogens with zero attached hydrogens (tertiary/aromatic N) is 3. The van der Waals surface area contributed by atoms with Crippen molar-refractivity contribution in [3.05, 3.63) is 59.0 Å². The molecule has 0 heterocycles. The minimum Gasteiger partial charge on any atom is -0.129 e. The molecule has 0 aliphatic rings. The molecule has 3 nitrogen and oxygen atoms in total.